The second-order valence-electron chi connectivity index (χ2n) is 13.7. The minimum absolute atomic E-state index is 0.285. The van der Waals surface area contributed by atoms with Gasteiger partial charge in [-0.25, -0.2) is 0 Å². The fraction of sp³-hybridized carbons (Fsp3) is 0.182. The predicted molar refractivity (Wildman–Crippen MR) is 208 cm³/mol. The van der Waals surface area contributed by atoms with Crippen LogP contribution in [0.25, 0.3) is 53.9 Å². The topological polar surface area (TPSA) is 0 Å². The third-order valence-electron chi connectivity index (χ3n) is 10.9. The first kappa shape index (κ1) is 30.5. The Bertz CT molecular complexity index is 2120. The summed E-state index contributed by atoms with van der Waals surface area (Å²) in [6.45, 7) is 9.73. The zero-order valence-electron chi connectivity index (χ0n) is 27.4. The zero-order chi connectivity index (χ0) is 32.4. The average Bonchev–Trinajstić information content (AvgIpc) is 3.58. The molecule has 0 aromatic heterocycles. The molecule has 0 bridgehead atoms. The van der Waals surface area contributed by atoms with Crippen molar-refractivity contribution in [1.82, 2.24) is 0 Å². The molecule has 0 saturated heterocycles. The van der Waals surface area contributed by atoms with Crippen molar-refractivity contribution < 1.29 is 0 Å². The Morgan fingerprint density at radius 1 is 0.468 bits per heavy atom. The maximum absolute atomic E-state index is 7.55. The summed E-state index contributed by atoms with van der Waals surface area (Å²) in [5, 5.41) is 6.93. The summed E-state index contributed by atoms with van der Waals surface area (Å²) in [5.74, 6) is 0. The van der Waals surface area contributed by atoms with Crippen LogP contribution in [0.4, 0.5) is 0 Å². The SMILES string of the molecule is CCC1=C(Cl)c2c(-c3cccc4ccccc34)cccc2C1[Si](C)(C)C1C(CC)=C(Cl)c2c(-c3cccc4ccccc34)cccc21. The highest BCUT2D eigenvalue weighted by Crippen LogP contribution is 2.60. The van der Waals surface area contributed by atoms with Gasteiger partial charge in [0.15, 0.2) is 0 Å². The van der Waals surface area contributed by atoms with E-state index < -0.39 is 8.07 Å². The van der Waals surface area contributed by atoms with Crippen LogP contribution in [0.1, 0.15) is 60.0 Å². The largest absolute Gasteiger partial charge is 0.0837 e. The fourth-order valence-corrected chi connectivity index (χ4v) is 15.0. The first-order valence-electron chi connectivity index (χ1n) is 16.9. The smallest absolute Gasteiger partial charge is 0.0723 e. The highest BCUT2D eigenvalue weighted by atomic mass is 35.5. The molecular formula is C44H38Cl2Si. The number of rotatable bonds is 6. The molecule has 6 aromatic rings. The predicted octanol–water partition coefficient (Wildman–Crippen LogP) is 13.7. The van der Waals surface area contributed by atoms with Crippen molar-refractivity contribution >= 4 is 62.9 Å². The Kier molecular flexibility index (Phi) is 7.56. The lowest BCUT2D eigenvalue weighted by molar-refractivity contribution is 0.897. The first-order valence-corrected chi connectivity index (χ1v) is 20.8. The van der Waals surface area contributed by atoms with E-state index in [-0.39, 0.29) is 11.1 Å². The third-order valence-corrected chi connectivity index (χ3v) is 16.1. The van der Waals surface area contributed by atoms with Crippen LogP contribution < -0.4 is 0 Å². The number of fused-ring (bicyclic) bond motifs is 4. The van der Waals surface area contributed by atoms with Crippen molar-refractivity contribution in [2.24, 2.45) is 0 Å². The van der Waals surface area contributed by atoms with Gasteiger partial charge >= 0.3 is 0 Å². The summed E-state index contributed by atoms with van der Waals surface area (Å²) in [4.78, 5) is 0. The highest BCUT2D eigenvalue weighted by molar-refractivity contribution is 6.82. The Hall–Kier alpha value is -3.88. The number of halogens is 2. The van der Waals surface area contributed by atoms with Gasteiger partial charge < -0.3 is 0 Å². The van der Waals surface area contributed by atoms with Gasteiger partial charge in [0.1, 0.15) is 0 Å². The minimum atomic E-state index is -2.23. The fourth-order valence-electron chi connectivity index (χ4n) is 9.02. The number of hydrogen-bond acceptors (Lipinski definition) is 0. The van der Waals surface area contributed by atoms with Crippen LogP contribution in [0.15, 0.2) is 132 Å². The van der Waals surface area contributed by atoms with E-state index >= 15 is 0 Å². The quantitative estimate of drug-likeness (QED) is 0.155. The van der Waals surface area contributed by atoms with E-state index in [1.54, 1.807) is 0 Å². The summed E-state index contributed by atoms with van der Waals surface area (Å²) in [7, 11) is -2.23. The van der Waals surface area contributed by atoms with Gasteiger partial charge in [0.25, 0.3) is 0 Å². The molecule has 3 heteroatoms. The van der Waals surface area contributed by atoms with Crippen molar-refractivity contribution in [2.45, 2.75) is 50.9 Å². The summed E-state index contributed by atoms with van der Waals surface area (Å²) >= 11 is 15.1. The van der Waals surface area contributed by atoms with E-state index in [9.17, 15) is 0 Å². The Morgan fingerprint density at radius 2 is 0.830 bits per heavy atom. The van der Waals surface area contributed by atoms with Crippen LogP contribution in [0.3, 0.4) is 0 Å². The van der Waals surface area contributed by atoms with Gasteiger partial charge in [-0.15, -0.1) is 0 Å². The van der Waals surface area contributed by atoms with Gasteiger partial charge in [-0.05, 0) is 78.9 Å². The van der Waals surface area contributed by atoms with Crippen LogP contribution in [0.2, 0.25) is 13.1 Å². The third kappa shape index (κ3) is 4.55. The molecule has 2 aliphatic rings. The van der Waals surface area contributed by atoms with Crippen LogP contribution in [0.5, 0.6) is 0 Å². The summed E-state index contributed by atoms with van der Waals surface area (Å²) < 4.78 is 0. The molecule has 0 nitrogen and oxygen atoms in total. The highest BCUT2D eigenvalue weighted by Gasteiger charge is 2.51. The maximum atomic E-state index is 7.55. The van der Waals surface area contributed by atoms with E-state index in [2.05, 4.69) is 148 Å². The van der Waals surface area contributed by atoms with E-state index in [0.29, 0.717) is 0 Å². The Morgan fingerprint density at radius 3 is 1.26 bits per heavy atom. The molecule has 0 N–H and O–H groups in total. The van der Waals surface area contributed by atoms with Crippen LogP contribution in [-0.2, 0) is 0 Å². The molecule has 2 unspecified atom stereocenters. The van der Waals surface area contributed by atoms with Crippen molar-refractivity contribution in [3.05, 3.63) is 155 Å². The second-order valence-corrected chi connectivity index (χ2v) is 19.2. The van der Waals surface area contributed by atoms with Gasteiger partial charge in [-0.3, -0.25) is 0 Å². The van der Waals surface area contributed by atoms with E-state index in [4.69, 9.17) is 23.2 Å². The lowest BCUT2D eigenvalue weighted by Gasteiger charge is -2.40. The second kappa shape index (κ2) is 11.7. The molecule has 0 radical (unpaired) electrons. The molecular weight excluding hydrogens is 627 g/mol. The summed E-state index contributed by atoms with van der Waals surface area (Å²) in [6.07, 6.45) is 1.86. The molecule has 0 fully saturated rings. The van der Waals surface area contributed by atoms with Gasteiger partial charge in [0, 0.05) is 32.3 Å². The standard InChI is InChI=1S/C44H38Cl2Si/c1-5-29-41(45)39-35(33-21-11-17-27-15-7-9-19-31(27)33)23-13-25-37(39)43(29)47(3,4)44-30(6-2)42(46)40-36(24-14-26-38(40)44)34-22-12-18-28-16-8-10-20-32(28)34/h7-26,43-44H,5-6H2,1-4H3. The van der Waals surface area contributed by atoms with Gasteiger partial charge in [0.05, 0.1) is 8.07 Å². The van der Waals surface area contributed by atoms with Gasteiger partial charge in [-0.2, -0.15) is 0 Å². The molecule has 232 valence electrons. The molecule has 0 heterocycles. The lowest BCUT2D eigenvalue weighted by Crippen LogP contribution is -2.43. The molecule has 0 amide bonds. The monoisotopic (exact) mass is 664 g/mol. The molecule has 0 saturated carbocycles. The summed E-state index contributed by atoms with van der Waals surface area (Å²) in [5.41, 5.74) is 13.5. The average molecular weight is 666 g/mol. The van der Waals surface area contributed by atoms with Gasteiger partial charge in [0.2, 0.25) is 0 Å². The Balaban J connectivity index is 1.32. The van der Waals surface area contributed by atoms with Gasteiger partial charge in [-0.1, -0.05) is 171 Å². The van der Waals surface area contributed by atoms with Crippen LogP contribution in [0, 0.1) is 0 Å². The molecule has 2 atom stereocenters. The first-order chi connectivity index (χ1) is 22.9. The molecule has 0 aliphatic heterocycles. The van der Waals surface area contributed by atoms with Crippen molar-refractivity contribution in [3.63, 3.8) is 0 Å². The molecule has 6 aromatic carbocycles. The maximum Gasteiger partial charge on any atom is 0.0723 e. The van der Waals surface area contributed by atoms with Crippen molar-refractivity contribution in [2.75, 3.05) is 0 Å². The van der Waals surface area contributed by atoms with Crippen molar-refractivity contribution in [1.29, 1.82) is 0 Å². The number of hydrogen-bond donors (Lipinski definition) is 0. The number of allylic oxidation sites excluding steroid dienone is 2. The lowest BCUT2D eigenvalue weighted by atomic mass is 9.93. The van der Waals surface area contributed by atoms with Crippen molar-refractivity contribution in [3.8, 4) is 22.3 Å². The molecule has 8 rings (SSSR count). The summed E-state index contributed by atoms with van der Waals surface area (Å²) in [6, 6.07) is 44.3. The molecule has 2 aliphatic carbocycles. The van der Waals surface area contributed by atoms with E-state index in [1.807, 2.05) is 0 Å². The van der Waals surface area contributed by atoms with E-state index in [1.165, 1.54) is 77.2 Å². The zero-order valence-corrected chi connectivity index (χ0v) is 29.9. The minimum Gasteiger partial charge on any atom is -0.0837 e. The molecule has 47 heavy (non-hydrogen) atoms. The van der Waals surface area contributed by atoms with Crippen LogP contribution in [-0.4, -0.2) is 8.07 Å². The normalized spacial score (nSPS) is 17.6. The molecule has 0 spiro atoms. The Labute approximate surface area is 289 Å². The van der Waals surface area contributed by atoms with E-state index in [0.717, 1.165) is 22.9 Å². The number of benzene rings is 6. The van der Waals surface area contributed by atoms with Crippen LogP contribution >= 0.6 is 23.2 Å².